The summed E-state index contributed by atoms with van der Waals surface area (Å²) in [5.41, 5.74) is 2.58. The fourth-order valence-corrected chi connectivity index (χ4v) is 2.74. The molecule has 0 unspecified atom stereocenters. The lowest BCUT2D eigenvalue weighted by Crippen LogP contribution is -2.14. The van der Waals surface area contributed by atoms with Crippen molar-refractivity contribution in [3.05, 3.63) is 53.6 Å². The second-order valence-electron chi connectivity index (χ2n) is 7.75. The van der Waals surface area contributed by atoms with E-state index in [1.54, 1.807) is 20.3 Å². The number of methoxy groups -OCH3 is 2. The van der Waals surface area contributed by atoms with Gasteiger partial charge in [0.2, 0.25) is 5.91 Å². The zero-order chi connectivity index (χ0) is 21.4. The lowest BCUT2D eigenvalue weighted by atomic mass is 9.87. The van der Waals surface area contributed by atoms with Crippen molar-refractivity contribution in [1.29, 1.82) is 0 Å². The molecule has 156 valence electrons. The van der Waals surface area contributed by atoms with Gasteiger partial charge in [0.1, 0.15) is 5.75 Å². The maximum absolute atomic E-state index is 12.5. The second kappa shape index (κ2) is 10.0. The second-order valence-corrected chi connectivity index (χ2v) is 7.75. The molecule has 0 aliphatic heterocycles. The van der Waals surface area contributed by atoms with E-state index < -0.39 is 0 Å². The monoisotopic (exact) mass is 397 g/mol. The number of ether oxygens (including phenoxy) is 3. The zero-order valence-electron chi connectivity index (χ0n) is 18.2. The van der Waals surface area contributed by atoms with Gasteiger partial charge in [-0.1, -0.05) is 39.8 Å². The molecular formula is C24H31NO4. The minimum atomic E-state index is -0.236. The van der Waals surface area contributed by atoms with Gasteiger partial charge >= 0.3 is 0 Å². The van der Waals surface area contributed by atoms with Crippen molar-refractivity contribution in [3.63, 3.8) is 0 Å². The van der Waals surface area contributed by atoms with Crippen LogP contribution in [0.25, 0.3) is 6.08 Å². The van der Waals surface area contributed by atoms with Crippen LogP contribution in [-0.2, 0) is 10.2 Å². The third-order valence-corrected chi connectivity index (χ3v) is 4.40. The van der Waals surface area contributed by atoms with Crippen molar-refractivity contribution < 1.29 is 19.0 Å². The third-order valence-electron chi connectivity index (χ3n) is 4.40. The minimum absolute atomic E-state index is 0.0280. The van der Waals surface area contributed by atoms with Gasteiger partial charge in [0.15, 0.2) is 11.5 Å². The van der Waals surface area contributed by atoms with Crippen molar-refractivity contribution >= 4 is 17.7 Å². The van der Waals surface area contributed by atoms with Crippen molar-refractivity contribution in [2.24, 2.45) is 0 Å². The molecule has 2 aromatic carbocycles. The first-order chi connectivity index (χ1) is 13.8. The molecule has 0 radical (unpaired) electrons. The summed E-state index contributed by atoms with van der Waals surface area (Å²) in [5, 5.41) is 2.91. The predicted octanol–water partition coefficient (Wildman–Crippen LogP) is 5.44. The van der Waals surface area contributed by atoms with E-state index in [1.807, 2.05) is 43.3 Å². The van der Waals surface area contributed by atoms with Crippen LogP contribution in [-0.4, -0.2) is 26.7 Å². The normalized spacial score (nSPS) is 11.4. The average molecular weight is 398 g/mol. The SMILES string of the molecule is CCCOc1ccc(C=CC(=O)Nc2cc(C(C)(C)C)ccc2OC)cc1OC. The number of benzene rings is 2. The molecule has 0 heterocycles. The number of hydrogen-bond donors (Lipinski definition) is 1. The molecule has 0 saturated heterocycles. The number of rotatable bonds is 8. The highest BCUT2D eigenvalue weighted by atomic mass is 16.5. The Kier molecular flexibility index (Phi) is 7.71. The summed E-state index contributed by atoms with van der Waals surface area (Å²) in [6.45, 7) is 9.06. The largest absolute Gasteiger partial charge is 0.495 e. The van der Waals surface area contributed by atoms with Gasteiger partial charge in [-0.3, -0.25) is 4.79 Å². The summed E-state index contributed by atoms with van der Waals surface area (Å²) >= 11 is 0. The minimum Gasteiger partial charge on any atom is -0.495 e. The van der Waals surface area contributed by atoms with E-state index in [0.29, 0.717) is 29.5 Å². The van der Waals surface area contributed by atoms with E-state index in [-0.39, 0.29) is 11.3 Å². The van der Waals surface area contributed by atoms with E-state index in [4.69, 9.17) is 14.2 Å². The standard InChI is InChI=1S/C24H31NO4/c1-7-14-29-21-11-8-17(15-22(21)28-6)9-13-23(26)25-19-16-18(24(2,3)4)10-12-20(19)27-5/h8-13,15-16H,7,14H2,1-6H3,(H,25,26). The van der Waals surface area contributed by atoms with Gasteiger partial charge in [0.25, 0.3) is 0 Å². The molecule has 0 spiro atoms. The highest BCUT2D eigenvalue weighted by molar-refractivity contribution is 6.02. The molecule has 0 aromatic heterocycles. The summed E-state index contributed by atoms with van der Waals surface area (Å²) in [5.74, 6) is 1.72. The zero-order valence-corrected chi connectivity index (χ0v) is 18.2. The number of amides is 1. The van der Waals surface area contributed by atoms with Crippen LogP contribution in [0.15, 0.2) is 42.5 Å². The number of carbonyl (C=O) groups excluding carboxylic acids is 1. The van der Waals surface area contributed by atoms with E-state index in [0.717, 1.165) is 17.5 Å². The number of anilines is 1. The molecule has 0 saturated carbocycles. The first kappa shape index (κ1) is 22.3. The molecule has 1 amide bonds. The van der Waals surface area contributed by atoms with Crippen LogP contribution in [0.4, 0.5) is 5.69 Å². The number of nitrogens with one attached hydrogen (secondary N) is 1. The number of carbonyl (C=O) groups is 1. The molecule has 0 atom stereocenters. The van der Waals surface area contributed by atoms with E-state index in [1.165, 1.54) is 6.08 Å². The van der Waals surface area contributed by atoms with Crippen molar-refractivity contribution in [3.8, 4) is 17.2 Å². The first-order valence-corrected chi connectivity index (χ1v) is 9.77. The highest BCUT2D eigenvalue weighted by Crippen LogP contribution is 2.32. The predicted molar refractivity (Wildman–Crippen MR) is 118 cm³/mol. The highest BCUT2D eigenvalue weighted by Gasteiger charge is 2.16. The van der Waals surface area contributed by atoms with Gasteiger partial charge in [0, 0.05) is 6.08 Å². The van der Waals surface area contributed by atoms with Crippen LogP contribution < -0.4 is 19.5 Å². The van der Waals surface area contributed by atoms with Gasteiger partial charge in [0.05, 0.1) is 26.5 Å². The third kappa shape index (κ3) is 6.28. The Morgan fingerprint density at radius 1 is 1.00 bits per heavy atom. The molecule has 29 heavy (non-hydrogen) atoms. The van der Waals surface area contributed by atoms with Gasteiger partial charge in [-0.25, -0.2) is 0 Å². The van der Waals surface area contributed by atoms with Gasteiger partial charge in [-0.2, -0.15) is 0 Å². The maximum atomic E-state index is 12.5. The molecule has 1 N–H and O–H groups in total. The van der Waals surface area contributed by atoms with Crippen LogP contribution in [0.3, 0.4) is 0 Å². The van der Waals surface area contributed by atoms with Gasteiger partial charge < -0.3 is 19.5 Å². The Labute approximate surface area is 173 Å². The molecular weight excluding hydrogens is 366 g/mol. The summed E-state index contributed by atoms with van der Waals surface area (Å²) in [4.78, 5) is 12.5. The lowest BCUT2D eigenvalue weighted by Gasteiger charge is -2.21. The van der Waals surface area contributed by atoms with Crippen LogP contribution in [0.2, 0.25) is 0 Å². The quantitative estimate of drug-likeness (QED) is 0.603. The average Bonchev–Trinajstić information content (AvgIpc) is 2.70. The lowest BCUT2D eigenvalue weighted by molar-refractivity contribution is -0.111. The molecule has 5 heteroatoms. The summed E-state index contributed by atoms with van der Waals surface area (Å²) in [7, 11) is 3.19. The molecule has 2 rings (SSSR count). The smallest absolute Gasteiger partial charge is 0.248 e. The molecule has 5 nitrogen and oxygen atoms in total. The maximum Gasteiger partial charge on any atom is 0.248 e. The van der Waals surface area contributed by atoms with E-state index in [2.05, 4.69) is 26.1 Å². The van der Waals surface area contributed by atoms with Crippen LogP contribution >= 0.6 is 0 Å². The van der Waals surface area contributed by atoms with Gasteiger partial charge in [-0.05, 0) is 53.3 Å². The molecule has 0 aliphatic rings. The first-order valence-electron chi connectivity index (χ1n) is 9.77. The molecule has 2 aromatic rings. The number of hydrogen-bond acceptors (Lipinski definition) is 4. The molecule has 0 bridgehead atoms. The Morgan fingerprint density at radius 2 is 1.69 bits per heavy atom. The van der Waals surface area contributed by atoms with E-state index in [9.17, 15) is 4.79 Å². The van der Waals surface area contributed by atoms with Crippen LogP contribution in [0.1, 0.15) is 45.2 Å². The Balaban J connectivity index is 2.15. The van der Waals surface area contributed by atoms with Crippen LogP contribution in [0, 0.1) is 0 Å². The Hall–Kier alpha value is -2.95. The summed E-state index contributed by atoms with van der Waals surface area (Å²) < 4.78 is 16.4. The Morgan fingerprint density at radius 3 is 2.31 bits per heavy atom. The molecule has 0 aliphatic carbocycles. The topological polar surface area (TPSA) is 56.8 Å². The fourth-order valence-electron chi connectivity index (χ4n) is 2.74. The van der Waals surface area contributed by atoms with E-state index >= 15 is 0 Å². The van der Waals surface area contributed by atoms with Gasteiger partial charge in [-0.15, -0.1) is 0 Å². The van der Waals surface area contributed by atoms with Crippen molar-refractivity contribution in [2.75, 3.05) is 26.1 Å². The van der Waals surface area contributed by atoms with Crippen molar-refractivity contribution in [2.45, 2.75) is 39.5 Å². The Bertz CT molecular complexity index is 866. The van der Waals surface area contributed by atoms with Crippen LogP contribution in [0.5, 0.6) is 17.2 Å². The molecule has 0 fully saturated rings. The summed E-state index contributed by atoms with van der Waals surface area (Å²) in [6.07, 6.45) is 4.15. The summed E-state index contributed by atoms with van der Waals surface area (Å²) in [6, 6.07) is 11.4. The van der Waals surface area contributed by atoms with Crippen molar-refractivity contribution in [1.82, 2.24) is 0 Å². The fraction of sp³-hybridized carbons (Fsp3) is 0.375.